The fourth-order valence-electron chi connectivity index (χ4n) is 4.59. The molecule has 2 heterocycles. The average Bonchev–Trinajstić information content (AvgIpc) is 2.80. The predicted octanol–water partition coefficient (Wildman–Crippen LogP) is 3.78. The van der Waals surface area contributed by atoms with Crippen molar-refractivity contribution in [2.45, 2.75) is 18.8 Å². The maximum Gasteiger partial charge on any atom is 0.184 e. The van der Waals surface area contributed by atoms with E-state index in [9.17, 15) is 0 Å². The number of anilines is 2. The van der Waals surface area contributed by atoms with E-state index < -0.39 is 0 Å². The molecule has 0 amide bonds. The lowest BCUT2D eigenvalue weighted by Crippen LogP contribution is -2.45. The number of benzene rings is 2. The quantitative estimate of drug-likeness (QED) is 0.379. The van der Waals surface area contributed by atoms with Gasteiger partial charge in [0.25, 0.3) is 0 Å². The Bertz CT molecular complexity index is 999. The molecule has 9 heteroatoms. The zero-order chi connectivity index (χ0) is 23.4. The number of hydrogen-bond acceptors (Lipinski definition) is 5. The molecule has 2 aromatic rings. The van der Waals surface area contributed by atoms with Gasteiger partial charge in [-0.2, -0.15) is 5.10 Å². The summed E-state index contributed by atoms with van der Waals surface area (Å²) < 4.78 is 15.3. The van der Waals surface area contributed by atoms with Crippen LogP contribution in [0.25, 0.3) is 0 Å². The summed E-state index contributed by atoms with van der Waals surface area (Å²) in [6, 6.07) is 11.6. The highest BCUT2D eigenvalue weighted by atomic mass is 35.5. The Balaban J connectivity index is 1.55. The number of hydrazone groups is 1. The first-order valence-electron chi connectivity index (χ1n) is 11.3. The van der Waals surface area contributed by atoms with E-state index in [1.807, 2.05) is 18.2 Å². The van der Waals surface area contributed by atoms with Crippen LogP contribution in [-0.2, 0) is 0 Å². The van der Waals surface area contributed by atoms with Crippen LogP contribution in [0.5, 0.6) is 0 Å². The molecule has 2 aliphatic rings. The summed E-state index contributed by atoms with van der Waals surface area (Å²) in [7, 11) is 2.12. The van der Waals surface area contributed by atoms with Gasteiger partial charge in [-0.3, -0.25) is 5.43 Å². The molecule has 4 rings (SSSR count). The molecule has 0 atom stereocenters. The van der Waals surface area contributed by atoms with Crippen molar-refractivity contribution in [1.29, 1.82) is 0 Å². The van der Waals surface area contributed by atoms with Gasteiger partial charge in [-0.05, 0) is 67.9 Å². The van der Waals surface area contributed by atoms with Crippen molar-refractivity contribution >= 4 is 46.5 Å². The van der Waals surface area contributed by atoms with E-state index in [1.54, 1.807) is 12.3 Å². The number of piperidine rings is 1. The van der Waals surface area contributed by atoms with E-state index in [-0.39, 0.29) is 10.9 Å². The topological polar surface area (TPSA) is 60.1 Å². The Hall–Kier alpha value is -2.42. The van der Waals surface area contributed by atoms with Crippen molar-refractivity contribution < 1.29 is 4.39 Å². The van der Waals surface area contributed by atoms with Crippen LogP contribution in [0.2, 0.25) is 5.02 Å². The van der Waals surface area contributed by atoms with E-state index >= 15 is 4.39 Å². The minimum absolute atomic E-state index is 0.0769. The zero-order valence-corrected chi connectivity index (χ0v) is 20.4. The van der Waals surface area contributed by atoms with Gasteiger partial charge in [-0.1, -0.05) is 23.7 Å². The second-order valence-electron chi connectivity index (χ2n) is 8.70. The number of thiocarbonyl (C=S) groups is 1. The second-order valence-corrected chi connectivity index (χ2v) is 9.58. The smallest absolute Gasteiger partial charge is 0.184 e. The Labute approximate surface area is 205 Å². The number of nitrogens with two attached hydrogens (primary N) is 1. The highest BCUT2D eigenvalue weighted by molar-refractivity contribution is 7.80. The van der Waals surface area contributed by atoms with Crippen LogP contribution in [0.1, 0.15) is 29.9 Å². The van der Waals surface area contributed by atoms with Crippen molar-refractivity contribution in [2.24, 2.45) is 10.8 Å². The SMILES string of the molecule is CN1CCN(c2cc(N3CCC(c4ccc(Cl)cc4)CC3)c(F)cc2/C=N/NC(N)=S)CC1. The fraction of sp³-hybridized carbons (Fsp3) is 0.417. The number of nitrogens with zero attached hydrogens (tertiary/aromatic N) is 4. The molecule has 0 unspecified atom stereocenters. The van der Waals surface area contributed by atoms with Crippen LogP contribution >= 0.6 is 23.8 Å². The van der Waals surface area contributed by atoms with Crippen LogP contribution in [0, 0.1) is 5.82 Å². The van der Waals surface area contributed by atoms with Crippen LogP contribution in [0.15, 0.2) is 41.5 Å². The van der Waals surface area contributed by atoms with E-state index in [0.717, 1.165) is 62.8 Å². The first kappa shape index (κ1) is 23.7. The van der Waals surface area contributed by atoms with Crippen LogP contribution in [-0.4, -0.2) is 62.5 Å². The van der Waals surface area contributed by atoms with Gasteiger partial charge in [0.2, 0.25) is 0 Å². The lowest BCUT2D eigenvalue weighted by atomic mass is 9.89. The van der Waals surface area contributed by atoms with E-state index in [2.05, 4.69) is 44.4 Å². The first-order valence-corrected chi connectivity index (χ1v) is 12.1. The van der Waals surface area contributed by atoms with Crippen LogP contribution < -0.4 is 21.0 Å². The molecule has 0 aromatic heterocycles. The van der Waals surface area contributed by atoms with E-state index in [0.29, 0.717) is 17.2 Å². The molecule has 2 aromatic carbocycles. The molecule has 33 heavy (non-hydrogen) atoms. The molecule has 0 bridgehead atoms. The maximum atomic E-state index is 15.3. The van der Waals surface area contributed by atoms with Gasteiger partial charge < -0.3 is 20.4 Å². The average molecular weight is 489 g/mol. The number of halogens is 2. The number of likely N-dealkylation sites (N-methyl/N-ethyl adjacent to an activating group) is 1. The molecule has 2 saturated heterocycles. The summed E-state index contributed by atoms with van der Waals surface area (Å²) in [5.74, 6) is 0.228. The molecule has 2 fully saturated rings. The summed E-state index contributed by atoms with van der Waals surface area (Å²) in [5.41, 5.74) is 11.7. The monoisotopic (exact) mass is 488 g/mol. The van der Waals surface area contributed by atoms with Gasteiger partial charge in [-0.25, -0.2) is 4.39 Å². The normalized spacial score (nSPS) is 18.2. The van der Waals surface area contributed by atoms with E-state index in [4.69, 9.17) is 29.6 Å². The standard InChI is InChI=1S/C24H30ClFN6S/c1-30-10-12-32(13-11-30)22-15-23(21(26)14-19(22)16-28-29-24(27)33)31-8-6-18(7-9-31)17-2-4-20(25)5-3-17/h2-5,14-16,18H,6-13H2,1H3,(H3,27,29,33)/b28-16+. The van der Waals surface area contributed by atoms with Gasteiger partial charge in [0.1, 0.15) is 5.82 Å². The lowest BCUT2D eigenvalue weighted by Gasteiger charge is -2.37. The molecule has 3 N–H and O–H groups in total. The van der Waals surface area contributed by atoms with Crippen molar-refractivity contribution in [1.82, 2.24) is 10.3 Å². The molecule has 0 spiro atoms. The highest BCUT2D eigenvalue weighted by Crippen LogP contribution is 2.35. The Kier molecular flexibility index (Phi) is 7.67. The third kappa shape index (κ3) is 5.93. The third-order valence-electron chi connectivity index (χ3n) is 6.50. The van der Waals surface area contributed by atoms with Crippen molar-refractivity contribution in [3.8, 4) is 0 Å². The summed E-state index contributed by atoms with van der Waals surface area (Å²) in [5, 5.41) is 4.91. The number of piperazine rings is 1. The molecular weight excluding hydrogens is 459 g/mol. The highest BCUT2D eigenvalue weighted by Gasteiger charge is 2.25. The second kappa shape index (κ2) is 10.7. The summed E-state index contributed by atoms with van der Waals surface area (Å²) in [4.78, 5) is 6.76. The molecule has 0 radical (unpaired) electrons. The Morgan fingerprint density at radius 2 is 1.70 bits per heavy atom. The van der Waals surface area contributed by atoms with Gasteiger partial charge in [0, 0.05) is 55.5 Å². The zero-order valence-electron chi connectivity index (χ0n) is 18.8. The summed E-state index contributed by atoms with van der Waals surface area (Å²) in [6.07, 6.45) is 3.55. The number of rotatable bonds is 5. The van der Waals surface area contributed by atoms with Crippen LogP contribution in [0.3, 0.4) is 0 Å². The van der Waals surface area contributed by atoms with E-state index in [1.165, 1.54) is 5.56 Å². The number of hydrogen-bond donors (Lipinski definition) is 2. The van der Waals surface area contributed by atoms with Gasteiger partial charge in [-0.15, -0.1) is 0 Å². The van der Waals surface area contributed by atoms with Crippen molar-refractivity contribution in [2.75, 3.05) is 56.1 Å². The summed E-state index contributed by atoms with van der Waals surface area (Å²) >= 11 is 10.9. The molecule has 6 nitrogen and oxygen atoms in total. The van der Waals surface area contributed by atoms with Crippen molar-refractivity contribution in [3.05, 3.63) is 58.4 Å². The third-order valence-corrected chi connectivity index (χ3v) is 6.84. The minimum atomic E-state index is -0.241. The molecule has 0 aliphatic carbocycles. The number of nitrogens with one attached hydrogen (secondary N) is 1. The molecule has 0 saturated carbocycles. The van der Waals surface area contributed by atoms with Crippen LogP contribution in [0.4, 0.5) is 15.8 Å². The largest absolute Gasteiger partial charge is 0.375 e. The summed E-state index contributed by atoms with van der Waals surface area (Å²) in [6.45, 7) is 5.29. The van der Waals surface area contributed by atoms with Gasteiger partial charge in [0.05, 0.1) is 11.9 Å². The lowest BCUT2D eigenvalue weighted by molar-refractivity contribution is 0.313. The first-order chi connectivity index (χ1) is 15.9. The molecular formula is C24H30ClFN6S. The Morgan fingerprint density at radius 3 is 2.33 bits per heavy atom. The minimum Gasteiger partial charge on any atom is -0.375 e. The van der Waals surface area contributed by atoms with Gasteiger partial charge in [0.15, 0.2) is 5.11 Å². The fourth-order valence-corrected chi connectivity index (χ4v) is 4.77. The predicted molar refractivity (Wildman–Crippen MR) is 139 cm³/mol. The Morgan fingerprint density at radius 1 is 1.06 bits per heavy atom. The molecule has 176 valence electrons. The molecule has 2 aliphatic heterocycles. The van der Waals surface area contributed by atoms with Crippen molar-refractivity contribution in [3.63, 3.8) is 0 Å². The maximum absolute atomic E-state index is 15.3. The van der Waals surface area contributed by atoms with Gasteiger partial charge >= 0.3 is 0 Å².